The second kappa shape index (κ2) is 4.46. The first-order valence-electron chi connectivity index (χ1n) is 5.82. The Morgan fingerprint density at radius 3 is 2.32 bits per heavy atom. The first kappa shape index (κ1) is 11.8. The van der Waals surface area contributed by atoms with Gasteiger partial charge in [0.05, 0.1) is 6.54 Å². The molecule has 0 aliphatic heterocycles. The zero-order chi connectivity index (χ0) is 13.4. The van der Waals surface area contributed by atoms with E-state index in [1.54, 1.807) is 10.8 Å². The van der Waals surface area contributed by atoms with Crippen molar-refractivity contribution in [2.24, 2.45) is 0 Å². The molecule has 0 saturated carbocycles. The van der Waals surface area contributed by atoms with Crippen LogP contribution in [0.15, 0.2) is 48.7 Å². The highest BCUT2D eigenvalue weighted by atomic mass is 19.1. The van der Waals surface area contributed by atoms with Crippen LogP contribution in [0, 0.1) is 17.5 Å². The Hall–Kier alpha value is -2.23. The minimum Gasteiger partial charge on any atom is -0.343 e. The second-order valence-corrected chi connectivity index (χ2v) is 4.35. The van der Waals surface area contributed by atoms with E-state index in [2.05, 4.69) is 0 Å². The van der Waals surface area contributed by atoms with Gasteiger partial charge in [-0.3, -0.25) is 0 Å². The molecule has 19 heavy (non-hydrogen) atoms. The molecule has 2 aromatic carbocycles. The van der Waals surface area contributed by atoms with Gasteiger partial charge in [-0.1, -0.05) is 18.2 Å². The summed E-state index contributed by atoms with van der Waals surface area (Å²) in [5.74, 6) is -2.64. The van der Waals surface area contributed by atoms with E-state index in [0.717, 1.165) is 10.9 Å². The van der Waals surface area contributed by atoms with Gasteiger partial charge in [-0.2, -0.15) is 0 Å². The third-order valence-corrected chi connectivity index (χ3v) is 3.11. The van der Waals surface area contributed by atoms with Gasteiger partial charge >= 0.3 is 0 Å². The maximum absolute atomic E-state index is 13.6. The van der Waals surface area contributed by atoms with Crippen molar-refractivity contribution in [1.82, 2.24) is 4.57 Å². The molecule has 0 atom stereocenters. The smallest absolute Gasteiger partial charge is 0.134 e. The van der Waals surface area contributed by atoms with Gasteiger partial charge in [0.2, 0.25) is 0 Å². The van der Waals surface area contributed by atoms with Gasteiger partial charge in [0.25, 0.3) is 0 Å². The highest BCUT2D eigenvalue weighted by molar-refractivity contribution is 5.80. The summed E-state index contributed by atoms with van der Waals surface area (Å²) >= 11 is 0. The summed E-state index contributed by atoms with van der Waals surface area (Å²) in [6.07, 6.45) is 1.76. The molecule has 0 spiro atoms. The molecule has 0 aliphatic rings. The lowest BCUT2D eigenvalue weighted by Gasteiger charge is -2.08. The van der Waals surface area contributed by atoms with E-state index in [0.29, 0.717) is 12.1 Å². The van der Waals surface area contributed by atoms with Gasteiger partial charge in [0.1, 0.15) is 17.5 Å². The Labute approximate surface area is 107 Å². The molecule has 0 amide bonds. The lowest BCUT2D eigenvalue weighted by atomic mass is 10.2. The van der Waals surface area contributed by atoms with Crippen molar-refractivity contribution >= 4 is 10.9 Å². The van der Waals surface area contributed by atoms with Crippen molar-refractivity contribution in [3.05, 3.63) is 71.7 Å². The molecule has 96 valence electrons. The highest BCUT2D eigenvalue weighted by Gasteiger charge is 2.12. The first-order valence-corrected chi connectivity index (χ1v) is 5.82. The van der Waals surface area contributed by atoms with Crippen LogP contribution in [0.3, 0.4) is 0 Å². The molecule has 0 unspecified atom stereocenters. The summed E-state index contributed by atoms with van der Waals surface area (Å²) < 4.78 is 41.8. The summed E-state index contributed by atoms with van der Waals surface area (Å²) in [7, 11) is 0. The van der Waals surface area contributed by atoms with Crippen LogP contribution in [0.25, 0.3) is 10.9 Å². The number of hydrogen-bond donors (Lipinski definition) is 0. The maximum atomic E-state index is 13.6. The number of fused-ring (bicyclic) bond motifs is 1. The molecule has 0 saturated heterocycles. The summed E-state index contributed by atoms with van der Waals surface area (Å²) in [4.78, 5) is 0. The molecule has 0 fully saturated rings. The molecule has 3 rings (SSSR count). The Balaban J connectivity index is 2.06. The zero-order valence-corrected chi connectivity index (χ0v) is 9.91. The van der Waals surface area contributed by atoms with E-state index in [9.17, 15) is 13.2 Å². The number of para-hydroxylation sites is 1. The average molecular weight is 261 g/mol. The fraction of sp³-hybridized carbons (Fsp3) is 0.0667. The van der Waals surface area contributed by atoms with Gasteiger partial charge in [-0.05, 0) is 17.5 Å². The monoisotopic (exact) mass is 261 g/mol. The van der Waals surface area contributed by atoms with Crippen molar-refractivity contribution < 1.29 is 13.2 Å². The van der Waals surface area contributed by atoms with Crippen LogP contribution >= 0.6 is 0 Å². The number of rotatable bonds is 2. The summed E-state index contributed by atoms with van der Waals surface area (Å²) in [5, 5.41) is 0.991. The summed E-state index contributed by atoms with van der Waals surface area (Å²) in [5.41, 5.74) is 0.744. The molecule has 1 nitrogen and oxygen atoms in total. The van der Waals surface area contributed by atoms with Crippen LogP contribution in [0.2, 0.25) is 0 Å². The number of hydrogen-bond acceptors (Lipinski definition) is 0. The standard InChI is InChI=1S/C15H10F3N/c16-11-7-13(17)12(14(18)8-11)9-19-6-5-10-3-1-2-4-15(10)19/h1-8H,9H2. The number of aromatic nitrogens is 1. The first-order chi connectivity index (χ1) is 9.15. The Kier molecular flexibility index (Phi) is 2.78. The Bertz CT molecular complexity index is 723. The van der Waals surface area contributed by atoms with Gasteiger partial charge in [-0.15, -0.1) is 0 Å². The molecular formula is C15H10F3N. The van der Waals surface area contributed by atoms with Gasteiger partial charge in [0, 0.05) is 29.4 Å². The van der Waals surface area contributed by atoms with Crippen LogP contribution in [-0.2, 0) is 6.54 Å². The van der Waals surface area contributed by atoms with Crippen LogP contribution in [0.1, 0.15) is 5.56 Å². The minimum absolute atomic E-state index is 0.0332. The number of benzene rings is 2. The summed E-state index contributed by atoms with van der Waals surface area (Å²) in [6.45, 7) is 0.0332. The molecule has 1 heterocycles. The van der Waals surface area contributed by atoms with Crippen molar-refractivity contribution in [3.8, 4) is 0 Å². The predicted octanol–water partition coefficient (Wildman–Crippen LogP) is 4.11. The quantitative estimate of drug-likeness (QED) is 0.654. The predicted molar refractivity (Wildman–Crippen MR) is 67.4 cm³/mol. The molecule has 0 N–H and O–H groups in total. The van der Waals surface area contributed by atoms with Crippen molar-refractivity contribution in [1.29, 1.82) is 0 Å². The lowest BCUT2D eigenvalue weighted by molar-refractivity contribution is 0.518. The Morgan fingerprint density at radius 1 is 0.895 bits per heavy atom. The highest BCUT2D eigenvalue weighted by Crippen LogP contribution is 2.20. The topological polar surface area (TPSA) is 4.93 Å². The van der Waals surface area contributed by atoms with Crippen LogP contribution in [0.4, 0.5) is 13.2 Å². The fourth-order valence-corrected chi connectivity index (χ4v) is 2.17. The van der Waals surface area contributed by atoms with Gasteiger partial charge in [0.15, 0.2) is 0 Å². The van der Waals surface area contributed by atoms with E-state index in [1.165, 1.54) is 0 Å². The Morgan fingerprint density at radius 2 is 1.58 bits per heavy atom. The third-order valence-electron chi connectivity index (χ3n) is 3.11. The molecule has 3 aromatic rings. The van der Waals surface area contributed by atoms with Gasteiger partial charge in [-0.25, -0.2) is 13.2 Å². The van der Waals surface area contributed by atoms with Crippen LogP contribution in [0.5, 0.6) is 0 Å². The fourth-order valence-electron chi connectivity index (χ4n) is 2.17. The lowest BCUT2D eigenvalue weighted by Crippen LogP contribution is -2.04. The molecule has 0 bridgehead atoms. The average Bonchev–Trinajstić information content (AvgIpc) is 2.77. The SMILES string of the molecule is Fc1cc(F)c(Cn2ccc3ccccc32)c(F)c1. The summed E-state index contributed by atoms with van der Waals surface area (Å²) in [6, 6.07) is 10.8. The van der Waals surface area contributed by atoms with Crippen LogP contribution < -0.4 is 0 Å². The molecular weight excluding hydrogens is 251 g/mol. The number of nitrogens with zero attached hydrogens (tertiary/aromatic N) is 1. The van der Waals surface area contributed by atoms with Gasteiger partial charge < -0.3 is 4.57 Å². The zero-order valence-electron chi connectivity index (χ0n) is 9.91. The molecule has 1 aromatic heterocycles. The van der Waals surface area contributed by atoms with Crippen molar-refractivity contribution in [3.63, 3.8) is 0 Å². The van der Waals surface area contributed by atoms with E-state index in [4.69, 9.17) is 0 Å². The van der Waals surface area contributed by atoms with Crippen molar-refractivity contribution in [2.45, 2.75) is 6.54 Å². The van der Waals surface area contributed by atoms with Crippen LogP contribution in [-0.4, -0.2) is 4.57 Å². The van der Waals surface area contributed by atoms with E-state index in [-0.39, 0.29) is 12.1 Å². The second-order valence-electron chi connectivity index (χ2n) is 4.35. The third kappa shape index (κ3) is 2.10. The molecule has 4 heteroatoms. The normalized spacial score (nSPS) is 11.1. The maximum Gasteiger partial charge on any atom is 0.134 e. The largest absolute Gasteiger partial charge is 0.343 e. The number of halogens is 3. The minimum atomic E-state index is -0.906. The molecule has 0 aliphatic carbocycles. The van der Waals surface area contributed by atoms with E-state index >= 15 is 0 Å². The molecule has 0 radical (unpaired) electrons. The van der Waals surface area contributed by atoms with E-state index in [1.807, 2.05) is 30.3 Å². The van der Waals surface area contributed by atoms with E-state index < -0.39 is 17.5 Å². The van der Waals surface area contributed by atoms with Crippen molar-refractivity contribution in [2.75, 3.05) is 0 Å².